The SMILES string of the molecule is Cc1ncc2c(n1)CNC2C(=O)OC(C)(C)C. The molecule has 1 aliphatic heterocycles. The number of nitrogens with one attached hydrogen (secondary N) is 1. The largest absolute Gasteiger partial charge is 0.459 e. The van der Waals surface area contributed by atoms with Gasteiger partial charge in [-0.2, -0.15) is 0 Å². The molecule has 17 heavy (non-hydrogen) atoms. The normalized spacial score (nSPS) is 18.9. The smallest absolute Gasteiger partial charge is 0.328 e. The highest BCUT2D eigenvalue weighted by Gasteiger charge is 2.33. The predicted molar refractivity (Wildman–Crippen MR) is 62.2 cm³/mol. The van der Waals surface area contributed by atoms with Gasteiger partial charge >= 0.3 is 5.97 Å². The van der Waals surface area contributed by atoms with E-state index in [-0.39, 0.29) is 5.97 Å². The number of esters is 1. The van der Waals surface area contributed by atoms with E-state index in [4.69, 9.17) is 4.74 Å². The molecular weight excluding hydrogens is 218 g/mol. The van der Waals surface area contributed by atoms with Crippen molar-refractivity contribution in [1.29, 1.82) is 0 Å². The fourth-order valence-electron chi connectivity index (χ4n) is 1.79. The van der Waals surface area contributed by atoms with Crippen LogP contribution >= 0.6 is 0 Å². The highest BCUT2D eigenvalue weighted by molar-refractivity contribution is 5.79. The number of aromatic nitrogens is 2. The quantitative estimate of drug-likeness (QED) is 0.743. The van der Waals surface area contributed by atoms with E-state index in [9.17, 15) is 4.79 Å². The van der Waals surface area contributed by atoms with Gasteiger partial charge in [-0.1, -0.05) is 0 Å². The lowest BCUT2D eigenvalue weighted by molar-refractivity contribution is -0.157. The minimum absolute atomic E-state index is 0.274. The van der Waals surface area contributed by atoms with Gasteiger partial charge in [0.05, 0.1) is 5.69 Å². The summed E-state index contributed by atoms with van der Waals surface area (Å²) in [6.07, 6.45) is 1.70. The average Bonchev–Trinajstić information content (AvgIpc) is 2.57. The Morgan fingerprint density at radius 1 is 1.53 bits per heavy atom. The van der Waals surface area contributed by atoms with Crippen LogP contribution < -0.4 is 5.32 Å². The molecule has 2 heterocycles. The first-order valence-electron chi connectivity index (χ1n) is 5.65. The van der Waals surface area contributed by atoms with Gasteiger partial charge in [0.25, 0.3) is 0 Å². The minimum atomic E-state index is -0.479. The molecule has 2 rings (SSSR count). The lowest BCUT2D eigenvalue weighted by Crippen LogP contribution is -2.31. The van der Waals surface area contributed by atoms with E-state index < -0.39 is 11.6 Å². The van der Waals surface area contributed by atoms with E-state index in [0.717, 1.165) is 17.1 Å². The second-order valence-electron chi connectivity index (χ2n) is 5.17. The van der Waals surface area contributed by atoms with Crippen LogP contribution in [0.4, 0.5) is 0 Å². The first-order valence-corrected chi connectivity index (χ1v) is 5.65. The van der Waals surface area contributed by atoms with Gasteiger partial charge in [0.1, 0.15) is 17.5 Å². The number of aryl methyl sites for hydroxylation is 1. The molecule has 1 aliphatic rings. The third-order valence-electron chi connectivity index (χ3n) is 2.45. The topological polar surface area (TPSA) is 64.1 Å². The van der Waals surface area contributed by atoms with Crippen LogP contribution in [0.2, 0.25) is 0 Å². The van der Waals surface area contributed by atoms with Crippen LogP contribution in [0.15, 0.2) is 6.20 Å². The van der Waals surface area contributed by atoms with Crippen molar-refractivity contribution in [3.63, 3.8) is 0 Å². The lowest BCUT2D eigenvalue weighted by atomic mass is 10.1. The Kier molecular flexibility index (Phi) is 2.87. The number of hydrogen-bond acceptors (Lipinski definition) is 5. The van der Waals surface area contributed by atoms with E-state index in [1.165, 1.54) is 0 Å². The molecule has 0 saturated heterocycles. The molecular formula is C12H17N3O2. The molecule has 1 unspecified atom stereocenters. The zero-order valence-electron chi connectivity index (χ0n) is 10.6. The Hall–Kier alpha value is -1.49. The van der Waals surface area contributed by atoms with Crippen molar-refractivity contribution in [1.82, 2.24) is 15.3 Å². The van der Waals surface area contributed by atoms with Crippen LogP contribution in [0.5, 0.6) is 0 Å². The Labute approximate surface area is 101 Å². The summed E-state index contributed by atoms with van der Waals surface area (Å²) >= 11 is 0. The molecule has 0 radical (unpaired) electrons. The van der Waals surface area contributed by atoms with Gasteiger partial charge in [-0.15, -0.1) is 0 Å². The van der Waals surface area contributed by atoms with Gasteiger partial charge in [-0.3, -0.25) is 5.32 Å². The van der Waals surface area contributed by atoms with E-state index in [0.29, 0.717) is 6.54 Å². The summed E-state index contributed by atoms with van der Waals surface area (Å²) in [7, 11) is 0. The van der Waals surface area contributed by atoms with Gasteiger partial charge in [0.15, 0.2) is 0 Å². The second-order valence-corrected chi connectivity index (χ2v) is 5.17. The molecule has 0 amide bonds. The zero-order valence-corrected chi connectivity index (χ0v) is 10.6. The van der Waals surface area contributed by atoms with Crippen LogP contribution in [0, 0.1) is 6.92 Å². The molecule has 0 bridgehead atoms. The van der Waals surface area contributed by atoms with Crippen molar-refractivity contribution in [2.45, 2.75) is 45.9 Å². The molecule has 92 valence electrons. The van der Waals surface area contributed by atoms with Gasteiger partial charge in [-0.25, -0.2) is 14.8 Å². The summed E-state index contributed by atoms with van der Waals surface area (Å²) in [4.78, 5) is 20.4. The lowest BCUT2D eigenvalue weighted by Gasteiger charge is -2.22. The Morgan fingerprint density at radius 3 is 2.88 bits per heavy atom. The molecule has 5 heteroatoms. The van der Waals surface area contributed by atoms with E-state index >= 15 is 0 Å². The van der Waals surface area contributed by atoms with E-state index in [2.05, 4.69) is 15.3 Å². The Bertz CT molecular complexity index is 452. The summed E-state index contributed by atoms with van der Waals surface area (Å²) < 4.78 is 5.35. The summed E-state index contributed by atoms with van der Waals surface area (Å²) in [5.74, 6) is 0.444. The van der Waals surface area contributed by atoms with Crippen LogP contribution in [0.1, 0.15) is 43.9 Å². The first-order chi connectivity index (χ1) is 7.87. The van der Waals surface area contributed by atoms with Crippen molar-refractivity contribution in [3.8, 4) is 0 Å². The third kappa shape index (κ3) is 2.61. The van der Waals surface area contributed by atoms with Crippen LogP contribution in [-0.2, 0) is 16.1 Å². The fraction of sp³-hybridized carbons (Fsp3) is 0.583. The van der Waals surface area contributed by atoms with Crippen molar-refractivity contribution in [2.75, 3.05) is 0 Å². The zero-order chi connectivity index (χ0) is 12.6. The third-order valence-corrected chi connectivity index (χ3v) is 2.45. The molecule has 1 N–H and O–H groups in total. The number of fused-ring (bicyclic) bond motifs is 1. The van der Waals surface area contributed by atoms with Gasteiger partial charge in [-0.05, 0) is 27.7 Å². The minimum Gasteiger partial charge on any atom is -0.459 e. The first kappa shape index (κ1) is 12.0. The number of rotatable bonds is 1. The summed E-state index contributed by atoms with van der Waals surface area (Å²) in [5, 5.41) is 3.09. The Balaban J connectivity index is 2.20. The molecule has 0 fully saturated rings. The maximum absolute atomic E-state index is 12.0. The van der Waals surface area contributed by atoms with Crippen molar-refractivity contribution >= 4 is 5.97 Å². The van der Waals surface area contributed by atoms with Crippen molar-refractivity contribution < 1.29 is 9.53 Å². The molecule has 1 atom stereocenters. The number of carbonyl (C=O) groups is 1. The summed E-state index contributed by atoms with van der Waals surface area (Å²) in [6, 6.07) is -0.440. The molecule has 1 aromatic rings. The van der Waals surface area contributed by atoms with E-state index in [1.54, 1.807) is 6.20 Å². The molecule has 0 aliphatic carbocycles. The average molecular weight is 235 g/mol. The Morgan fingerprint density at radius 2 is 2.24 bits per heavy atom. The predicted octanol–water partition coefficient (Wildman–Crippen LogP) is 1.27. The second kappa shape index (κ2) is 4.07. The molecule has 5 nitrogen and oxygen atoms in total. The number of ether oxygens (including phenoxy) is 1. The number of nitrogens with zero attached hydrogens (tertiary/aromatic N) is 2. The van der Waals surface area contributed by atoms with Gasteiger partial charge < -0.3 is 4.74 Å². The van der Waals surface area contributed by atoms with Crippen LogP contribution in [-0.4, -0.2) is 21.5 Å². The standard InChI is InChI=1S/C12H17N3O2/c1-7-13-5-8-9(15-7)6-14-10(8)11(16)17-12(2,3)4/h5,10,14H,6H2,1-4H3. The molecule has 0 saturated carbocycles. The van der Waals surface area contributed by atoms with Crippen molar-refractivity contribution in [2.24, 2.45) is 0 Å². The fourth-order valence-corrected chi connectivity index (χ4v) is 1.79. The number of hydrogen-bond donors (Lipinski definition) is 1. The number of carbonyl (C=O) groups excluding carboxylic acids is 1. The highest BCUT2D eigenvalue weighted by atomic mass is 16.6. The van der Waals surface area contributed by atoms with Crippen LogP contribution in [0.3, 0.4) is 0 Å². The van der Waals surface area contributed by atoms with Crippen LogP contribution in [0.25, 0.3) is 0 Å². The summed E-state index contributed by atoms with van der Waals surface area (Å²) in [6.45, 7) is 7.98. The van der Waals surface area contributed by atoms with Gasteiger partial charge in [0.2, 0.25) is 0 Å². The molecule has 1 aromatic heterocycles. The van der Waals surface area contributed by atoms with Gasteiger partial charge in [0, 0.05) is 18.3 Å². The maximum Gasteiger partial charge on any atom is 0.328 e. The maximum atomic E-state index is 12.0. The highest BCUT2D eigenvalue weighted by Crippen LogP contribution is 2.25. The molecule has 0 aromatic carbocycles. The van der Waals surface area contributed by atoms with E-state index in [1.807, 2.05) is 27.7 Å². The monoisotopic (exact) mass is 235 g/mol. The van der Waals surface area contributed by atoms with Crippen molar-refractivity contribution in [3.05, 3.63) is 23.3 Å². The summed E-state index contributed by atoms with van der Waals surface area (Å²) in [5.41, 5.74) is 1.23. The molecule has 0 spiro atoms.